The number of carbonyl (C=O) groups is 2. The Bertz CT molecular complexity index is 1000. The number of nitrogens with one attached hydrogen (secondary N) is 2. The van der Waals surface area contributed by atoms with Crippen molar-refractivity contribution in [2.75, 3.05) is 7.11 Å². The molecule has 0 bridgehead atoms. The minimum Gasteiger partial charge on any atom is -0.496 e. The number of carbonyl (C=O) groups excluding carboxylic acids is 2. The summed E-state index contributed by atoms with van der Waals surface area (Å²) in [7, 11) is 1.61. The summed E-state index contributed by atoms with van der Waals surface area (Å²) in [6.07, 6.45) is 0. The van der Waals surface area contributed by atoms with E-state index in [9.17, 15) is 9.59 Å². The molecular formula is C25H26N2O3. The molecule has 2 amide bonds. The van der Waals surface area contributed by atoms with Crippen LogP contribution in [0.3, 0.4) is 0 Å². The van der Waals surface area contributed by atoms with Crippen LogP contribution in [0.1, 0.15) is 46.1 Å². The molecule has 0 saturated heterocycles. The lowest BCUT2D eigenvalue weighted by Crippen LogP contribution is -2.41. The average molecular weight is 402 g/mol. The molecule has 5 nitrogen and oxygen atoms in total. The van der Waals surface area contributed by atoms with E-state index in [0.717, 1.165) is 11.1 Å². The lowest BCUT2D eigenvalue weighted by atomic mass is 10.0. The Labute approximate surface area is 177 Å². The molecule has 5 heteroatoms. The highest BCUT2D eigenvalue weighted by molar-refractivity contribution is 5.97. The third-order valence-corrected chi connectivity index (χ3v) is 4.92. The number of benzene rings is 3. The molecule has 0 fully saturated rings. The van der Waals surface area contributed by atoms with Gasteiger partial charge in [0.1, 0.15) is 11.8 Å². The Morgan fingerprint density at radius 3 is 2.13 bits per heavy atom. The first-order valence-corrected chi connectivity index (χ1v) is 9.85. The van der Waals surface area contributed by atoms with Crippen molar-refractivity contribution in [3.8, 4) is 5.75 Å². The van der Waals surface area contributed by atoms with Crippen LogP contribution in [0.2, 0.25) is 0 Å². The minimum atomic E-state index is -0.822. The molecule has 3 aromatic rings. The molecule has 0 aliphatic carbocycles. The van der Waals surface area contributed by atoms with Crippen LogP contribution in [0.15, 0.2) is 78.9 Å². The molecule has 0 heterocycles. The van der Waals surface area contributed by atoms with Gasteiger partial charge in [0, 0.05) is 11.1 Å². The van der Waals surface area contributed by atoms with Crippen LogP contribution in [-0.4, -0.2) is 18.9 Å². The van der Waals surface area contributed by atoms with Crippen molar-refractivity contribution in [3.05, 3.63) is 101 Å². The van der Waals surface area contributed by atoms with E-state index in [2.05, 4.69) is 10.6 Å². The quantitative estimate of drug-likeness (QED) is 0.617. The predicted octanol–water partition coefficient (Wildman–Crippen LogP) is 4.35. The van der Waals surface area contributed by atoms with E-state index in [-0.39, 0.29) is 17.9 Å². The molecule has 0 aromatic heterocycles. The lowest BCUT2D eigenvalue weighted by molar-refractivity contribution is -0.123. The van der Waals surface area contributed by atoms with Crippen LogP contribution >= 0.6 is 0 Å². The fourth-order valence-corrected chi connectivity index (χ4v) is 3.32. The van der Waals surface area contributed by atoms with Gasteiger partial charge in [-0.15, -0.1) is 0 Å². The van der Waals surface area contributed by atoms with Gasteiger partial charge >= 0.3 is 0 Å². The van der Waals surface area contributed by atoms with Crippen molar-refractivity contribution in [3.63, 3.8) is 0 Å². The second kappa shape index (κ2) is 9.74. The van der Waals surface area contributed by atoms with E-state index < -0.39 is 6.04 Å². The Balaban J connectivity index is 1.84. The van der Waals surface area contributed by atoms with E-state index in [0.29, 0.717) is 16.9 Å². The standard InChI is InChI=1S/C25H26N2O3/c1-17-14-15-22(30-3)21(16-17)18(2)26-25(29)23(19-10-6-4-7-11-19)27-24(28)20-12-8-5-9-13-20/h4-16,18,23H,1-3H3,(H,26,29)(H,27,28). The van der Waals surface area contributed by atoms with Crippen LogP contribution in [-0.2, 0) is 4.79 Å². The molecule has 3 rings (SSSR count). The molecule has 154 valence electrons. The first-order chi connectivity index (χ1) is 14.5. The molecule has 2 atom stereocenters. The zero-order valence-electron chi connectivity index (χ0n) is 17.4. The minimum absolute atomic E-state index is 0.290. The summed E-state index contributed by atoms with van der Waals surface area (Å²) >= 11 is 0. The van der Waals surface area contributed by atoms with E-state index in [1.54, 1.807) is 31.4 Å². The van der Waals surface area contributed by atoms with Gasteiger partial charge in [-0.2, -0.15) is 0 Å². The Morgan fingerprint density at radius 2 is 1.50 bits per heavy atom. The second-order valence-corrected chi connectivity index (χ2v) is 7.16. The van der Waals surface area contributed by atoms with Crippen LogP contribution < -0.4 is 15.4 Å². The topological polar surface area (TPSA) is 67.4 Å². The van der Waals surface area contributed by atoms with Crippen molar-refractivity contribution in [2.24, 2.45) is 0 Å². The fourth-order valence-electron chi connectivity index (χ4n) is 3.32. The normalized spacial score (nSPS) is 12.5. The molecule has 0 radical (unpaired) electrons. The summed E-state index contributed by atoms with van der Waals surface area (Å²) in [5.41, 5.74) is 3.17. The van der Waals surface area contributed by atoms with E-state index in [1.807, 2.05) is 68.4 Å². The van der Waals surface area contributed by atoms with Crippen LogP contribution in [0.25, 0.3) is 0 Å². The SMILES string of the molecule is COc1ccc(C)cc1C(C)NC(=O)C(NC(=O)c1ccccc1)c1ccccc1. The smallest absolute Gasteiger partial charge is 0.252 e. The Morgan fingerprint density at radius 1 is 0.867 bits per heavy atom. The Kier molecular flexibility index (Phi) is 6.86. The molecule has 0 aliphatic heterocycles. The number of hydrogen-bond donors (Lipinski definition) is 2. The van der Waals surface area contributed by atoms with Gasteiger partial charge in [0.05, 0.1) is 13.2 Å². The molecular weight excluding hydrogens is 376 g/mol. The number of rotatable bonds is 7. The average Bonchev–Trinajstić information content (AvgIpc) is 2.78. The maximum atomic E-state index is 13.2. The van der Waals surface area contributed by atoms with Crippen LogP contribution in [0.5, 0.6) is 5.75 Å². The summed E-state index contributed by atoms with van der Waals surface area (Å²) in [4.78, 5) is 25.9. The van der Waals surface area contributed by atoms with Crippen molar-refractivity contribution in [1.82, 2.24) is 10.6 Å². The summed E-state index contributed by atoms with van der Waals surface area (Å²) in [6.45, 7) is 3.89. The molecule has 2 N–H and O–H groups in total. The lowest BCUT2D eigenvalue weighted by Gasteiger charge is -2.23. The molecule has 3 aromatic carbocycles. The number of amides is 2. The van der Waals surface area contributed by atoms with E-state index in [1.165, 1.54) is 0 Å². The van der Waals surface area contributed by atoms with Gasteiger partial charge in [-0.3, -0.25) is 9.59 Å². The fraction of sp³-hybridized carbons (Fsp3) is 0.200. The van der Waals surface area contributed by atoms with Gasteiger partial charge in [-0.25, -0.2) is 0 Å². The van der Waals surface area contributed by atoms with E-state index in [4.69, 9.17) is 4.74 Å². The first kappa shape index (κ1) is 21.1. The van der Waals surface area contributed by atoms with Crippen molar-refractivity contribution in [2.45, 2.75) is 25.9 Å². The summed E-state index contributed by atoms with van der Waals surface area (Å²) < 4.78 is 5.45. The van der Waals surface area contributed by atoms with Crippen molar-refractivity contribution < 1.29 is 14.3 Å². The molecule has 0 spiro atoms. The van der Waals surface area contributed by atoms with Gasteiger partial charge in [0.2, 0.25) is 5.91 Å². The highest BCUT2D eigenvalue weighted by Gasteiger charge is 2.25. The predicted molar refractivity (Wildman–Crippen MR) is 117 cm³/mol. The van der Waals surface area contributed by atoms with Crippen molar-refractivity contribution in [1.29, 1.82) is 0 Å². The van der Waals surface area contributed by atoms with Gasteiger partial charge in [-0.05, 0) is 37.6 Å². The van der Waals surface area contributed by atoms with Crippen LogP contribution in [0, 0.1) is 6.92 Å². The number of methoxy groups -OCH3 is 1. The number of hydrogen-bond acceptors (Lipinski definition) is 3. The number of aryl methyl sites for hydroxylation is 1. The summed E-state index contributed by atoms with van der Waals surface area (Å²) in [6, 6.07) is 22.8. The van der Waals surface area contributed by atoms with Gasteiger partial charge in [0.25, 0.3) is 5.91 Å². The van der Waals surface area contributed by atoms with Crippen molar-refractivity contribution >= 4 is 11.8 Å². The first-order valence-electron chi connectivity index (χ1n) is 9.85. The van der Waals surface area contributed by atoms with E-state index >= 15 is 0 Å². The summed E-state index contributed by atoms with van der Waals surface area (Å²) in [5.74, 6) is 0.111. The zero-order valence-corrected chi connectivity index (χ0v) is 17.4. The molecule has 2 unspecified atom stereocenters. The largest absolute Gasteiger partial charge is 0.496 e. The Hall–Kier alpha value is -3.60. The van der Waals surface area contributed by atoms with Gasteiger partial charge in [-0.1, -0.05) is 66.2 Å². The monoisotopic (exact) mass is 402 g/mol. The molecule has 0 aliphatic rings. The second-order valence-electron chi connectivity index (χ2n) is 7.16. The third-order valence-electron chi connectivity index (χ3n) is 4.92. The zero-order chi connectivity index (χ0) is 21.5. The van der Waals surface area contributed by atoms with Crippen LogP contribution in [0.4, 0.5) is 0 Å². The van der Waals surface area contributed by atoms with Gasteiger partial charge < -0.3 is 15.4 Å². The molecule has 0 saturated carbocycles. The third kappa shape index (κ3) is 5.06. The highest BCUT2D eigenvalue weighted by atomic mass is 16.5. The maximum absolute atomic E-state index is 13.2. The molecule has 30 heavy (non-hydrogen) atoms. The van der Waals surface area contributed by atoms with Gasteiger partial charge in [0.15, 0.2) is 0 Å². The summed E-state index contributed by atoms with van der Waals surface area (Å²) in [5, 5.41) is 5.88. The highest BCUT2D eigenvalue weighted by Crippen LogP contribution is 2.27. The maximum Gasteiger partial charge on any atom is 0.252 e. The number of ether oxygens (including phenoxy) is 1.